The molecule has 0 fully saturated rings. The van der Waals surface area contributed by atoms with Crippen LogP contribution in [-0.4, -0.2) is 26.3 Å². The van der Waals surface area contributed by atoms with Gasteiger partial charge in [-0.05, 0) is 0 Å². The average Bonchev–Trinajstić information content (AvgIpc) is 2.16. The molecule has 1 atom stereocenters. The van der Waals surface area contributed by atoms with Crippen LogP contribution in [0.3, 0.4) is 0 Å². The standard InChI is InChI=1S/C8H10N.C3H7O.CH3.ClH.Sn/c1-7(9)8-5-3-2-4-6-8;1-3(2)4;;;/h2-5,7H,9H2,1H3;3H,1-2H3;1H3;1H;/q;-1;;;+1. The van der Waals surface area contributed by atoms with E-state index in [0.717, 1.165) is 0 Å². The second kappa shape index (κ2) is 7.53. The largest absolute Gasteiger partial charge is 0.147 e. The molecule has 2 nitrogen and oxygen atoms in total. The van der Waals surface area contributed by atoms with Gasteiger partial charge in [-0.1, -0.05) is 0 Å². The van der Waals surface area contributed by atoms with Gasteiger partial charge in [-0.2, -0.15) is 0 Å². The topological polar surface area (TPSA) is 35.2 Å². The van der Waals surface area contributed by atoms with Crippen LogP contribution in [0.4, 0.5) is 0 Å². The van der Waals surface area contributed by atoms with Gasteiger partial charge < -0.3 is 0 Å². The fourth-order valence-corrected chi connectivity index (χ4v) is 7.00. The fraction of sp³-hybridized carbons (Fsp3) is 0.500. The van der Waals surface area contributed by atoms with Gasteiger partial charge in [0.15, 0.2) is 0 Å². The van der Waals surface area contributed by atoms with Crippen LogP contribution in [0.25, 0.3) is 0 Å². The molecule has 0 aliphatic rings. The van der Waals surface area contributed by atoms with Crippen LogP contribution >= 0.6 is 12.4 Å². The second-order valence-corrected chi connectivity index (χ2v) is 9.48. The molecule has 4 heteroatoms. The minimum atomic E-state index is -1.88. The number of hydrogen-bond acceptors (Lipinski definition) is 2. The van der Waals surface area contributed by atoms with Crippen LogP contribution in [-0.2, 0) is 3.07 Å². The van der Waals surface area contributed by atoms with Crippen molar-refractivity contribution in [2.75, 3.05) is 0 Å². The van der Waals surface area contributed by atoms with Gasteiger partial charge in [0.05, 0.1) is 0 Å². The maximum atomic E-state index is 5.97. The van der Waals surface area contributed by atoms with Crippen molar-refractivity contribution in [1.29, 1.82) is 0 Å². The summed E-state index contributed by atoms with van der Waals surface area (Å²) < 4.78 is 7.36. The van der Waals surface area contributed by atoms with Gasteiger partial charge in [-0.3, -0.25) is 0 Å². The predicted octanol–water partition coefficient (Wildman–Crippen LogP) is 2.38. The maximum absolute atomic E-state index is 5.97. The Bertz CT molecular complexity index is 318. The molecule has 91 valence electrons. The van der Waals surface area contributed by atoms with Gasteiger partial charge in [-0.25, -0.2) is 0 Å². The number of rotatable bonds is 4. The minimum Gasteiger partial charge on any atom is -0.147 e. The summed E-state index contributed by atoms with van der Waals surface area (Å²) in [4.78, 5) is 2.27. The van der Waals surface area contributed by atoms with Crippen LogP contribution in [0.1, 0.15) is 32.4 Å². The Kier molecular flexibility index (Phi) is 7.64. The molecule has 0 saturated carbocycles. The van der Waals surface area contributed by atoms with Crippen LogP contribution in [0.15, 0.2) is 24.3 Å². The minimum absolute atomic E-state index is 0. The molecule has 0 bridgehead atoms. The van der Waals surface area contributed by atoms with Crippen molar-refractivity contribution in [1.82, 2.24) is 0 Å². The third kappa shape index (κ3) is 4.61. The molecule has 0 heterocycles. The average molecular weight is 349 g/mol. The van der Waals surface area contributed by atoms with E-state index < -0.39 is 20.2 Å². The van der Waals surface area contributed by atoms with E-state index in [9.17, 15) is 0 Å². The van der Waals surface area contributed by atoms with Crippen molar-refractivity contribution in [2.45, 2.75) is 37.9 Å². The SMILES string of the molecule is CC(C)[O][Sn]([CH3])[c]1ccccc1C(C)N.Cl. The van der Waals surface area contributed by atoms with Gasteiger partial charge in [-0.15, -0.1) is 12.4 Å². The van der Waals surface area contributed by atoms with Crippen molar-refractivity contribution in [2.24, 2.45) is 5.73 Å². The van der Waals surface area contributed by atoms with Gasteiger partial charge in [0, 0.05) is 0 Å². The summed E-state index contributed by atoms with van der Waals surface area (Å²) in [5, 5.41) is 0. The summed E-state index contributed by atoms with van der Waals surface area (Å²) >= 11 is -1.88. The van der Waals surface area contributed by atoms with E-state index in [2.05, 4.69) is 37.0 Å². The van der Waals surface area contributed by atoms with E-state index in [0.29, 0.717) is 6.10 Å². The van der Waals surface area contributed by atoms with Crippen LogP contribution < -0.4 is 9.31 Å². The van der Waals surface area contributed by atoms with Crippen molar-refractivity contribution >= 4 is 36.2 Å². The van der Waals surface area contributed by atoms with Crippen LogP contribution in [0.5, 0.6) is 0 Å². The molecule has 0 amide bonds. The smallest absolute Gasteiger partial charge is 0.147 e. The Morgan fingerprint density at radius 2 is 1.75 bits per heavy atom. The molecule has 0 saturated heterocycles. The van der Waals surface area contributed by atoms with Gasteiger partial charge in [0.1, 0.15) is 0 Å². The summed E-state index contributed by atoms with van der Waals surface area (Å²) in [5.74, 6) is 0. The normalized spacial score (nSPS) is 12.7. The molecule has 0 aliphatic heterocycles. The Hall–Kier alpha value is 0.229. The van der Waals surface area contributed by atoms with Crippen molar-refractivity contribution in [3.63, 3.8) is 0 Å². The molecule has 2 N–H and O–H groups in total. The number of halogens is 1. The Balaban J connectivity index is 0.00000225. The van der Waals surface area contributed by atoms with Crippen LogP contribution in [0.2, 0.25) is 4.94 Å². The van der Waals surface area contributed by atoms with Crippen LogP contribution in [0, 0.1) is 0 Å². The zero-order chi connectivity index (χ0) is 11.4. The first-order valence-electron chi connectivity index (χ1n) is 5.37. The van der Waals surface area contributed by atoms with Crippen molar-refractivity contribution in [3.05, 3.63) is 29.8 Å². The maximum Gasteiger partial charge on any atom is -0.147 e. The number of benzene rings is 1. The van der Waals surface area contributed by atoms with E-state index in [4.69, 9.17) is 8.81 Å². The Labute approximate surface area is 112 Å². The monoisotopic (exact) mass is 350 g/mol. The Morgan fingerprint density at radius 3 is 2.25 bits per heavy atom. The van der Waals surface area contributed by atoms with E-state index in [-0.39, 0.29) is 18.4 Å². The zero-order valence-electron chi connectivity index (χ0n) is 10.4. The van der Waals surface area contributed by atoms with E-state index in [1.807, 2.05) is 13.0 Å². The molecule has 16 heavy (non-hydrogen) atoms. The molecule has 1 aromatic rings. The quantitative estimate of drug-likeness (QED) is 0.847. The molecule has 1 unspecified atom stereocenters. The van der Waals surface area contributed by atoms with E-state index in [1.165, 1.54) is 9.14 Å². The number of nitrogens with two attached hydrogens (primary N) is 1. The summed E-state index contributed by atoms with van der Waals surface area (Å²) in [7, 11) is 0. The first-order valence-corrected chi connectivity index (χ1v) is 10.8. The Morgan fingerprint density at radius 1 is 1.19 bits per heavy atom. The van der Waals surface area contributed by atoms with Gasteiger partial charge in [0.25, 0.3) is 0 Å². The van der Waals surface area contributed by atoms with E-state index >= 15 is 0 Å². The fourth-order valence-electron chi connectivity index (χ4n) is 1.63. The van der Waals surface area contributed by atoms with Gasteiger partial charge >= 0.3 is 100 Å². The van der Waals surface area contributed by atoms with Crippen molar-refractivity contribution in [3.8, 4) is 0 Å². The molecule has 0 aliphatic carbocycles. The molecule has 1 rings (SSSR count). The third-order valence-electron chi connectivity index (χ3n) is 2.24. The zero-order valence-corrected chi connectivity index (χ0v) is 14.0. The molecule has 1 aromatic carbocycles. The van der Waals surface area contributed by atoms with Gasteiger partial charge in [0.2, 0.25) is 0 Å². The third-order valence-corrected chi connectivity index (χ3v) is 8.06. The summed E-state index contributed by atoms with van der Waals surface area (Å²) in [6, 6.07) is 8.53. The molecular weight excluding hydrogens is 328 g/mol. The first-order chi connectivity index (χ1) is 7.02. The molecule has 0 spiro atoms. The van der Waals surface area contributed by atoms with E-state index in [1.54, 1.807) is 0 Å². The van der Waals surface area contributed by atoms with Crippen molar-refractivity contribution < 1.29 is 3.07 Å². The predicted molar refractivity (Wildman–Crippen MR) is 73.8 cm³/mol. The second-order valence-electron chi connectivity index (χ2n) is 4.10. The molecular formula is C12H21ClNOSn. The number of hydrogen-bond donors (Lipinski definition) is 1. The molecule has 1 radical (unpaired) electrons. The molecule has 0 aromatic heterocycles. The first kappa shape index (κ1) is 16.2. The summed E-state index contributed by atoms with van der Waals surface area (Å²) in [6.45, 7) is 6.22. The summed E-state index contributed by atoms with van der Waals surface area (Å²) in [5.41, 5.74) is 7.22. The summed E-state index contributed by atoms with van der Waals surface area (Å²) in [6.07, 6.45) is 0.325.